The number of ketones is 1. The van der Waals surface area contributed by atoms with Gasteiger partial charge in [-0.1, -0.05) is 32.9 Å². The van der Waals surface area contributed by atoms with Crippen LogP contribution in [0.5, 0.6) is 5.75 Å². The van der Waals surface area contributed by atoms with Crippen molar-refractivity contribution in [3.8, 4) is 5.75 Å². The summed E-state index contributed by atoms with van der Waals surface area (Å²) in [7, 11) is 1.51. The summed E-state index contributed by atoms with van der Waals surface area (Å²) in [6, 6.07) is 6.09. The Hall–Kier alpha value is -1.35. The summed E-state index contributed by atoms with van der Waals surface area (Å²) < 4.78 is 10.4. The molecule has 0 N–H and O–H groups in total. The predicted molar refractivity (Wildman–Crippen MR) is 72.3 cm³/mol. The van der Waals surface area contributed by atoms with Crippen molar-refractivity contribution >= 4 is 5.78 Å². The van der Waals surface area contributed by atoms with Gasteiger partial charge >= 0.3 is 0 Å². The van der Waals surface area contributed by atoms with E-state index in [1.54, 1.807) is 0 Å². The van der Waals surface area contributed by atoms with E-state index in [9.17, 15) is 4.79 Å². The highest BCUT2D eigenvalue weighted by molar-refractivity contribution is 5.81. The van der Waals surface area contributed by atoms with Crippen LogP contribution in [-0.2, 0) is 14.9 Å². The summed E-state index contributed by atoms with van der Waals surface area (Å²) >= 11 is 0. The van der Waals surface area contributed by atoms with Crippen LogP contribution in [0.3, 0.4) is 0 Å². The average molecular weight is 250 g/mol. The van der Waals surface area contributed by atoms with Crippen LogP contribution in [0, 0.1) is 6.92 Å². The monoisotopic (exact) mass is 250 g/mol. The van der Waals surface area contributed by atoms with Gasteiger partial charge in [-0.3, -0.25) is 4.79 Å². The maximum Gasteiger partial charge on any atom is 0.195 e. The summed E-state index contributed by atoms with van der Waals surface area (Å²) in [5.41, 5.74) is 2.23. The smallest absolute Gasteiger partial charge is 0.195 e. The molecule has 1 aromatic carbocycles. The molecule has 0 fully saturated rings. The Morgan fingerprint density at radius 1 is 1.22 bits per heavy atom. The second kappa shape index (κ2) is 6.01. The topological polar surface area (TPSA) is 35.5 Å². The van der Waals surface area contributed by atoms with Crippen molar-refractivity contribution in [1.29, 1.82) is 0 Å². The second-order valence-electron chi connectivity index (χ2n) is 5.51. The quantitative estimate of drug-likeness (QED) is 0.806. The molecule has 100 valence electrons. The van der Waals surface area contributed by atoms with E-state index in [1.165, 1.54) is 7.11 Å². The summed E-state index contributed by atoms with van der Waals surface area (Å²) in [5.74, 6) is 0.728. The standard InChI is InChI=1S/C15H22O3/c1-11-6-7-13(15(2,3)4)14(8-11)18-10-12(16)9-17-5/h6-8H,9-10H2,1-5H3. The van der Waals surface area contributed by atoms with Crippen molar-refractivity contribution in [3.05, 3.63) is 29.3 Å². The minimum atomic E-state index is -0.0566. The van der Waals surface area contributed by atoms with Crippen molar-refractivity contribution < 1.29 is 14.3 Å². The highest BCUT2D eigenvalue weighted by atomic mass is 16.5. The lowest BCUT2D eigenvalue weighted by atomic mass is 9.86. The van der Waals surface area contributed by atoms with Gasteiger partial charge in [-0.25, -0.2) is 0 Å². The molecule has 18 heavy (non-hydrogen) atoms. The number of methoxy groups -OCH3 is 1. The molecular weight excluding hydrogens is 228 g/mol. The number of carbonyl (C=O) groups is 1. The lowest BCUT2D eigenvalue weighted by Gasteiger charge is -2.23. The number of ether oxygens (including phenoxy) is 2. The zero-order valence-corrected chi connectivity index (χ0v) is 11.9. The SMILES string of the molecule is COCC(=O)COc1cc(C)ccc1C(C)(C)C. The van der Waals surface area contributed by atoms with E-state index >= 15 is 0 Å². The first-order valence-electron chi connectivity index (χ1n) is 6.09. The van der Waals surface area contributed by atoms with E-state index in [2.05, 4.69) is 32.9 Å². The van der Waals surface area contributed by atoms with Crippen LogP contribution in [0.15, 0.2) is 18.2 Å². The largest absolute Gasteiger partial charge is 0.485 e. The van der Waals surface area contributed by atoms with Gasteiger partial charge in [0.05, 0.1) is 0 Å². The molecule has 0 bridgehead atoms. The number of benzene rings is 1. The van der Waals surface area contributed by atoms with Crippen LogP contribution in [-0.4, -0.2) is 26.1 Å². The Balaban J connectivity index is 2.86. The van der Waals surface area contributed by atoms with Gasteiger partial charge in [0, 0.05) is 7.11 Å². The van der Waals surface area contributed by atoms with Crippen LogP contribution in [0.1, 0.15) is 31.9 Å². The molecule has 1 rings (SSSR count). The first kappa shape index (κ1) is 14.7. The van der Waals surface area contributed by atoms with E-state index in [0.717, 1.165) is 16.9 Å². The number of rotatable bonds is 5. The highest BCUT2D eigenvalue weighted by Gasteiger charge is 2.19. The molecule has 0 aliphatic rings. The summed E-state index contributed by atoms with van der Waals surface area (Å²) in [4.78, 5) is 11.4. The third-order valence-electron chi connectivity index (χ3n) is 2.64. The number of Topliss-reactive ketones (excluding diaryl/α,β-unsaturated/α-hetero) is 1. The van der Waals surface area contributed by atoms with Crippen molar-refractivity contribution in [2.45, 2.75) is 33.1 Å². The number of aryl methyl sites for hydroxylation is 1. The Morgan fingerprint density at radius 3 is 2.44 bits per heavy atom. The second-order valence-corrected chi connectivity index (χ2v) is 5.51. The number of hydrogen-bond acceptors (Lipinski definition) is 3. The van der Waals surface area contributed by atoms with Gasteiger partial charge in [0.1, 0.15) is 19.0 Å². The zero-order chi connectivity index (χ0) is 13.8. The van der Waals surface area contributed by atoms with Crippen LogP contribution >= 0.6 is 0 Å². The predicted octanol–water partition coefficient (Wildman–Crippen LogP) is 2.89. The minimum absolute atomic E-state index is 0.00661. The fourth-order valence-corrected chi connectivity index (χ4v) is 1.73. The molecule has 1 aromatic rings. The minimum Gasteiger partial charge on any atom is -0.485 e. The van der Waals surface area contributed by atoms with Gasteiger partial charge < -0.3 is 9.47 Å². The molecule has 0 aliphatic carbocycles. The summed E-state index contributed by atoms with van der Waals surface area (Å²) in [6.45, 7) is 8.54. The molecule has 0 atom stereocenters. The van der Waals surface area contributed by atoms with Gasteiger partial charge in [-0.05, 0) is 29.5 Å². The fraction of sp³-hybridized carbons (Fsp3) is 0.533. The van der Waals surface area contributed by atoms with Gasteiger partial charge in [0.2, 0.25) is 0 Å². The molecule has 0 aromatic heterocycles. The van der Waals surface area contributed by atoms with E-state index in [1.807, 2.05) is 13.0 Å². The Bertz CT molecular complexity index is 416. The maximum absolute atomic E-state index is 11.4. The van der Waals surface area contributed by atoms with E-state index < -0.39 is 0 Å². The van der Waals surface area contributed by atoms with E-state index in [4.69, 9.17) is 9.47 Å². The molecule has 0 aliphatic heterocycles. The number of hydrogen-bond donors (Lipinski definition) is 0. The fourth-order valence-electron chi connectivity index (χ4n) is 1.73. The first-order valence-corrected chi connectivity index (χ1v) is 6.09. The van der Waals surface area contributed by atoms with Crippen LogP contribution in [0.25, 0.3) is 0 Å². The summed E-state index contributed by atoms with van der Waals surface area (Å²) in [6.07, 6.45) is 0. The maximum atomic E-state index is 11.4. The third-order valence-corrected chi connectivity index (χ3v) is 2.64. The lowest BCUT2D eigenvalue weighted by Crippen LogP contribution is -2.19. The van der Waals surface area contributed by atoms with Gasteiger partial charge in [0.25, 0.3) is 0 Å². The molecular formula is C15H22O3. The molecule has 0 saturated heterocycles. The zero-order valence-electron chi connectivity index (χ0n) is 11.9. The van der Waals surface area contributed by atoms with Gasteiger partial charge in [-0.2, -0.15) is 0 Å². The molecule has 3 heteroatoms. The normalized spacial score (nSPS) is 11.4. The van der Waals surface area contributed by atoms with E-state index in [-0.39, 0.29) is 24.4 Å². The van der Waals surface area contributed by atoms with Crippen molar-refractivity contribution in [1.82, 2.24) is 0 Å². The van der Waals surface area contributed by atoms with E-state index in [0.29, 0.717) is 0 Å². The summed E-state index contributed by atoms with van der Waals surface area (Å²) in [5, 5.41) is 0. The van der Waals surface area contributed by atoms with Gasteiger partial charge in [-0.15, -0.1) is 0 Å². The Kier molecular flexibility index (Phi) is 4.91. The Morgan fingerprint density at radius 2 is 1.89 bits per heavy atom. The van der Waals surface area contributed by atoms with Crippen molar-refractivity contribution in [3.63, 3.8) is 0 Å². The van der Waals surface area contributed by atoms with Gasteiger partial charge in [0.15, 0.2) is 5.78 Å². The molecule has 0 amide bonds. The van der Waals surface area contributed by atoms with Crippen LogP contribution < -0.4 is 4.74 Å². The molecule has 0 unspecified atom stereocenters. The Labute approximate surface area is 109 Å². The molecule has 0 radical (unpaired) electrons. The van der Waals surface area contributed by atoms with Crippen LogP contribution in [0.4, 0.5) is 0 Å². The molecule has 0 saturated carbocycles. The molecule has 3 nitrogen and oxygen atoms in total. The highest BCUT2D eigenvalue weighted by Crippen LogP contribution is 2.31. The third kappa shape index (κ3) is 4.15. The average Bonchev–Trinajstić information content (AvgIpc) is 2.25. The van der Waals surface area contributed by atoms with Crippen LogP contribution in [0.2, 0.25) is 0 Å². The van der Waals surface area contributed by atoms with Crippen molar-refractivity contribution in [2.24, 2.45) is 0 Å². The number of carbonyl (C=O) groups excluding carboxylic acids is 1. The van der Waals surface area contributed by atoms with Crippen molar-refractivity contribution in [2.75, 3.05) is 20.3 Å². The first-order chi connectivity index (χ1) is 8.34. The molecule has 0 spiro atoms. The molecule has 0 heterocycles. The lowest BCUT2D eigenvalue weighted by molar-refractivity contribution is -0.124.